The van der Waals surface area contributed by atoms with Crippen LogP contribution in [-0.2, 0) is 6.54 Å². The maximum Gasteiger partial charge on any atom is 0.191 e. The Kier molecular flexibility index (Phi) is 10.1. The summed E-state index contributed by atoms with van der Waals surface area (Å²) in [5.74, 6) is 2.54. The zero-order valence-corrected chi connectivity index (χ0v) is 18.3. The van der Waals surface area contributed by atoms with E-state index in [1.54, 1.807) is 0 Å². The van der Waals surface area contributed by atoms with Crippen molar-refractivity contribution in [2.24, 2.45) is 10.9 Å². The number of hydrogen-bond donors (Lipinski definition) is 2. The fraction of sp³-hybridized carbons (Fsp3) is 0.667. The Balaban J connectivity index is 0.00000312. The van der Waals surface area contributed by atoms with Crippen LogP contribution in [0, 0.1) is 5.92 Å². The Morgan fingerprint density at radius 2 is 1.96 bits per heavy atom. The van der Waals surface area contributed by atoms with Crippen LogP contribution >= 0.6 is 24.0 Å². The lowest BCUT2D eigenvalue weighted by Crippen LogP contribution is -2.45. The van der Waals surface area contributed by atoms with Gasteiger partial charge in [0.25, 0.3) is 0 Å². The molecule has 0 amide bonds. The summed E-state index contributed by atoms with van der Waals surface area (Å²) in [7, 11) is 2.17. The number of hydrogen-bond acceptors (Lipinski definition) is 4. The number of aliphatic imine (C=N–C) groups is 1. The van der Waals surface area contributed by atoms with Gasteiger partial charge in [0.05, 0.1) is 6.54 Å². The molecule has 1 fully saturated rings. The van der Waals surface area contributed by atoms with Crippen molar-refractivity contribution in [3.8, 4) is 0 Å². The van der Waals surface area contributed by atoms with Crippen molar-refractivity contribution in [3.05, 3.63) is 23.9 Å². The van der Waals surface area contributed by atoms with Crippen LogP contribution in [0.3, 0.4) is 0 Å². The minimum atomic E-state index is 0. The lowest BCUT2D eigenvalue weighted by Gasteiger charge is -2.34. The molecule has 6 nitrogen and oxygen atoms in total. The molecule has 0 aliphatic carbocycles. The number of aromatic nitrogens is 1. The van der Waals surface area contributed by atoms with Gasteiger partial charge in [-0.1, -0.05) is 19.9 Å². The van der Waals surface area contributed by atoms with Gasteiger partial charge in [-0.15, -0.1) is 24.0 Å². The number of rotatable bonds is 6. The molecule has 0 unspecified atom stereocenters. The van der Waals surface area contributed by atoms with Gasteiger partial charge in [-0.2, -0.15) is 0 Å². The molecule has 7 heteroatoms. The number of pyridine rings is 1. The van der Waals surface area contributed by atoms with E-state index in [0.29, 0.717) is 12.5 Å². The Bertz CT molecular complexity index is 526. The zero-order valence-electron chi connectivity index (χ0n) is 16.0. The zero-order chi connectivity index (χ0) is 17.4. The average Bonchev–Trinajstić information content (AvgIpc) is 2.58. The second kappa shape index (κ2) is 11.5. The van der Waals surface area contributed by atoms with Crippen molar-refractivity contribution in [1.29, 1.82) is 0 Å². The van der Waals surface area contributed by atoms with E-state index in [0.717, 1.165) is 51.0 Å². The van der Waals surface area contributed by atoms with Crippen LogP contribution in [0.1, 0.15) is 26.3 Å². The van der Waals surface area contributed by atoms with Gasteiger partial charge in [-0.05, 0) is 26.0 Å². The average molecular weight is 460 g/mol. The highest BCUT2D eigenvalue weighted by Gasteiger charge is 2.17. The summed E-state index contributed by atoms with van der Waals surface area (Å²) in [5, 5.41) is 6.70. The molecule has 0 spiro atoms. The van der Waals surface area contributed by atoms with E-state index in [2.05, 4.69) is 59.3 Å². The maximum absolute atomic E-state index is 4.74. The van der Waals surface area contributed by atoms with Crippen molar-refractivity contribution in [2.45, 2.75) is 27.3 Å². The normalized spacial score (nSPS) is 15.9. The third-order valence-electron chi connectivity index (χ3n) is 4.10. The predicted octanol–water partition coefficient (Wildman–Crippen LogP) is 2.16. The summed E-state index contributed by atoms with van der Waals surface area (Å²) in [6, 6.07) is 4.13. The monoisotopic (exact) mass is 460 g/mol. The van der Waals surface area contributed by atoms with Gasteiger partial charge in [0.15, 0.2) is 5.96 Å². The van der Waals surface area contributed by atoms with E-state index in [1.165, 1.54) is 5.56 Å². The molecule has 1 aliphatic heterocycles. The number of guanidine groups is 1. The fourth-order valence-corrected chi connectivity index (χ4v) is 2.66. The van der Waals surface area contributed by atoms with E-state index < -0.39 is 0 Å². The molecule has 2 N–H and O–H groups in total. The minimum Gasteiger partial charge on any atom is -0.357 e. The van der Waals surface area contributed by atoms with Crippen LogP contribution in [-0.4, -0.2) is 62.2 Å². The first-order chi connectivity index (χ1) is 11.6. The van der Waals surface area contributed by atoms with Gasteiger partial charge in [0, 0.05) is 51.0 Å². The van der Waals surface area contributed by atoms with Gasteiger partial charge in [-0.3, -0.25) is 0 Å². The number of nitrogens with one attached hydrogen (secondary N) is 2. The molecule has 0 saturated carbocycles. The van der Waals surface area contributed by atoms with E-state index >= 15 is 0 Å². The topological polar surface area (TPSA) is 55.8 Å². The number of likely N-dealkylation sites (N-methyl/N-ethyl adjacent to an activating group) is 1. The Morgan fingerprint density at radius 3 is 2.60 bits per heavy atom. The molecule has 2 heterocycles. The Hall–Kier alpha value is -1.09. The summed E-state index contributed by atoms with van der Waals surface area (Å²) in [6.07, 6.45) is 1.88. The molecule has 1 aromatic rings. The lowest BCUT2D eigenvalue weighted by atomic mass is 10.2. The van der Waals surface area contributed by atoms with Crippen LogP contribution in [0.5, 0.6) is 0 Å². The summed E-state index contributed by atoms with van der Waals surface area (Å²) in [6.45, 7) is 13.1. The summed E-state index contributed by atoms with van der Waals surface area (Å²) in [5.41, 5.74) is 1.18. The molecular weight excluding hydrogens is 427 g/mol. The van der Waals surface area contributed by atoms with E-state index in [1.807, 2.05) is 12.3 Å². The van der Waals surface area contributed by atoms with E-state index in [4.69, 9.17) is 4.99 Å². The predicted molar refractivity (Wildman–Crippen MR) is 117 cm³/mol. The van der Waals surface area contributed by atoms with Gasteiger partial charge < -0.3 is 20.4 Å². The maximum atomic E-state index is 4.74. The lowest BCUT2D eigenvalue weighted by molar-refractivity contribution is 0.312. The number of piperazine rings is 1. The first-order valence-electron chi connectivity index (χ1n) is 8.99. The summed E-state index contributed by atoms with van der Waals surface area (Å²) in [4.78, 5) is 14.1. The molecule has 1 aromatic heterocycles. The van der Waals surface area contributed by atoms with Crippen LogP contribution in [0.2, 0.25) is 0 Å². The number of nitrogens with zero attached hydrogens (tertiary/aromatic N) is 4. The SMILES string of the molecule is CCNC(=NCc1cccnc1N1CCN(C)CC1)NCC(C)C.I. The second-order valence-corrected chi connectivity index (χ2v) is 6.75. The third-order valence-corrected chi connectivity index (χ3v) is 4.10. The van der Waals surface area contributed by atoms with Crippen molar-refractivity contribution < 1.29 is 0 Å². The highest BCUT2D eigenvalue weighted by Crippen LogP contribution is 2.19. The van der Waals surface area contributed by atoms with Crippen LogP contribution in [0.15, 0.2) is 23.3 Å². The largest absolute Gasteiger partial charge is 0.357 e. The van der Waals surface area contributed by atoms with Crippen molar-refractivity contribution >= 4 is 35.8 Å². The Morgan fingerprint density at radius 1 is 1.24 bits per heavy atom. The molecule has 0 radical (unpaired) electrons. The smallest absolute Gasteiger partial charge is 0.191 e. The first kappa shape index (κ1) is 22.0. The minimum absolute atomic E-state index is 0. The summed E-state index contributed by atoms with van der Waals surface area (Å²) >= 11 is 0. The van der Waals surface area contributed by atoms with Crippen LogP contribution < -0.4 is 15.5 Å². The number of anilines is 1. The van der Waals surface area contributed by atoms with Crippen LogP contribution in [0.4, 0.5) is 5.82 Å². The quantitative estimate of drug-likeness (QED) is 0.387. The molecule has 1 saturated heterocycles. The summed E-state index contributed by atoms with van der Waals surface area (Å²) < 4.78 is 0. The second-order valence-electron chi connectivity index (χ2n) is 6.75. The third kappa shape index (κ3) is 7.35. The van der Waals surface area contributed by atoms with Crippen molar-refractivity contribution in [1.82, 2.24) is 20.5 Å². The molecule has 1 aliphatic rings. The van der Waals surface area contributed by atoms with Crippen molar-refractivity contribution in [2.75, 3.05) is 51.2 Å². The van der Waals surface area contributed by atoms with E-state index in [9.17, 15) is 0 Å². The fourth-order valence-electron chi connectivity index (χ4n) is 2.66. The van der Waals surface area contributed by atoms with Gasteiger partial charge >= 0.3 is 0 Å². The first-order valence-corrected chi connectivity index (χ1v) is 8.99. The highest BCUT2D eigenvalue weighted by molar-refractivity contribution is 14.0. The van der Waals surface area contributed by atoms with Gasteiger partial charge in [0.2, 0.25) is 0 Å². The molecular formula is C18H33IN6. The molecule has 0 atom stereocenters. The molecule has 0 bridgehead atoms. The number of halogens is 1. The molecule has 2 rings (SSSR count). The van der Waals surface area contributed by atoms with Crippen molar-refractivity contribution in [3.63, 3.8) is 0 Å². The van der Waals surface area contributed by atoms with Gasteiger partial charge in [0.1, 0.15) is 5.82 Å². The van der Waals surface area contributed by atoms with E-state index in [-0.39, 0.29) is 24.0 Å². The Labute approximate surface area is 169 Å². The standard InChI is InChI=1S/C18H32N6.HI/c1-5-19-18(21-13-15(2)3)22-14-16-7-6-8-20-17(16)24-11-9-23(4)10-12-24;/h6-8,15H,5,9-14H2,1-4H3,(H2,19,21,22);1H. The molecule has 142 valence electrons. The van der Waals surface area contributed by atoms with Crippen LogP contribution in [0.25, 0.3) is 0 Å². The van der Waals surface area contributed by atoms with Gasteiger partial charge in [-0.25, -0.2) is 9.98 Å². The molecule has 25 heavy (non-hydrogen) atoms. The molecule has 0 aromatic carbocycles. The highest BCUT2D eigenvalue weighted by atomic mass is 127.